The molecule has 7 heteroatoms. The minimum atomic E-state index is 0.211. The number of likely N-dealkylation sites (tertiary alicyclic amines) is 1. The summed E-state index contributed by atoms with van der Waals surface area (Å²) < 4.78 is 4.01. The van der Waals surface area contributed by atoms with Crippen LogP contribution in [0.2, 0.25) is 0 Å². The van der Waals surface area contributed by atoms with Crippen LogP contribution < -0.4 is 0 Å². The Bertz CT molecular complexity index is 850. The number of hydrogen-bond donors (Lipinski definition) is 0. The van der Waals surface area contributed by atoms with Gasteiger partial charge in [0.05, 0.1) is 6.54 Å². The van der Waals surface area contributed by atoms with Crippen LogP contribution >= 0.6 is 0 Å². The van der Waals surface area contributed by atoms with E-state index in [4.69, 9.17) is 0 Å². The third-order valence-electron chi connectivity index (χ3n) is 5.15. The average molecular weight is 364 g/mol. The molecule has 4 rings (SSSR count). The summed E-state index contributed by atoms with van der Waals surface area (Å²) in [6.07, 6.45) is 13.6. The molecule has 4 heterocycles. The first-order valence-electron chi connectivity index (χ1n) is 9.45. The van der Waals surface area contributed by atoms with Gasteiger partial charge in [-0.2, -0.15) is 5.10 Å². The number of rotatable bonds is 6. The fraction of sp³-hybridized carbons (Fsp3) is 0.400. The van der Waals surface area contributed by atoms with Gasteiger partial charge in [-0.3, -0.25) is 14.5 Å². The van der Waals surface area contributed by atoms with E-state index in [9.17, 15) is 4.79 Å². The van der Waals surface area contributed by atoms with Crippen molar-refractivity contribution in [3.8, 4) is 0 Å². The second-order valence-corrected chi connectivity index (χ2v) is 6.95. The van der Waals surface area contributed by atoms with Crippen molar-refractivity contribution in [2.24, 2.45) is 0 Å². The molecular weight excluding hydrogens is 340 g/mol. The molecule has 0 radical (unpaired) electrons. The lowest BCUT2D eigenvalue weighted by atomic mass is 9.95. The Labute approximate surface area is 158 Å². The second kappa shape index (κ2) is 8.16. The highest BCUT2D eigenvalue weighted by molar-refractivity contribution is 5.76. The first-order chi connectivity index (χ1) is 13.3. The zero-order valence-electron chi connectivity index (χ0n) is 15.3. The number of aromatic nitrogens is 5. The van der Waals surface area contributed by atoms with Crippen LogP contribution in [-0.2, 0) is 17.9 Å². The van der Waals surface area contributed by atoms with E-state index in [-0.39, 0.29) is 5.91 Å². The van der Waals surface area contributed by atoms with Crippen LogP contribution in [0.25, 0.3) is 0 Å². The summed E-state index contributed by atoms with van der Waals surface area (Å²) in [5, 5.41) is 4.15. The summed E-state index contributed by atoms with van der Waals surface area (Å²) in [6, 6.07) is 5.92. The van der Waals surface area contributed by atoms with Gasteiger partial charge >= 0.3 is 0 Å². The van der Waals surface area contributed by atoms with Crippen LogP contribution in [-0.4, -0.2) is 48.2 Å². The maximum absolute atomic E-state index is 12.5. The van der Waals surface area contributed by atoms with E-state index in [1.165, 1.54) is 5.56 Å². The van der Waals surface area contributed by atoms with Crippen molar-refractivity contribution in [3.05, 3.63) is 66.8 Å². The monoisotopic (exact) mass is 364 g/mol. The van der Waals surface area contributed by atoms with Crippen molar-refractivity contribution in [3.63, 3.8) is 0 Å². The molecule has 1 aliphatic heterocycles. The lowest BCUT2D eigenvalue weighted by molar-refractivity contribution is -0.132. The van der Waals surface area contributed by atoms with E-state index in [0.717, 1.165) is 38.3 Å². The first kappa shape index (κ1) is 17.5. The molecule has 0 bridgehead atoms. The zero-order chi connectivity index (χ0) is 18.5. The lowest BCUT2D eigenvalue weighted by Gasteiger charge is -2.32. The molecule has 3 aromatic heterocycles. The Balaban J connectivity index is 1.32. The standard InChI is InChI=1S/C20H24N6O/c27-19(6-13-26-10-2-8-23-26)24-11-4-18(5-12-24)20-22-9-14-25(20)16-17-3-1-7-21-15-17/h1-3,7-10,14-15,18H,4-6,11-13,16H2. The number of amides is 1. The number of nitrogens with zero attached hydrogens (tertiary/aromatic N) is 6. The van der Waals surface area contributed by atoms with Gasteiger partial charge in [0.2, 0.25) is 5.91 Å². The summed E-state index contributed by atoms with van der Waals surface area (Å²) in [5.74, 6) is 1.72. The molecule has 1 saturated heterocycles. The van der Waals surface area contributed by atoms with E-state index in [0.29, 0.717) is 18.9 Å². The Morgan fingerprint density at radius 3 is 2.74 bits per heavy atom. The molecule has 7 nitrogen and oxygen atoms in total. The molecule has 0 unspecified atom stereocenters. The van der Waals surface area contributed by atoms with Crippen LogP contribution in [0.4, 0.5) is 0 Å². The van der Waals surface area contributed by atoms with Gasteiger partial charge in [-0.15, -0.1) is 0 Å². The van der Waals surface area contributed by atoms with Gasteiger partial charge in [0.25, 0.3) is 0 Å². The summed E-state index contributed by atoms with van der Waals surface area (Å²) in [6.45, 7) is 3.01. The van der Waals surface area contributed by atoms with Crippen LogP contribution in [0.15, 0.2) is 55.4 Å². The smallest absolute Gasteiger partial charge is 0.224 e. The summed E-state index contributed by atoms with van der Waals surface area (Å²) >= 11 is 0. The van der Waals surface area contributed by atoms with Gasteiger partial charge in [-0.1, -0.05) is 6.07 Å². The van der Waals surface area contributed by atoms with Crippen molar-refractivity contribution in [1.82, 2.24) is 29.2 Å². The molecule has 140 valence electrons. The fourth-order valence-electron chi connectivity index (χ4n) is 3.69. The predicted octanol–water partition coefficient (Wildman–Crippen LogP) is 2.32. The number of aryl methyl sites for hydroxylation is 1. The minimum Gasteiger partial charge on any atom is -0.343 e. The fourth-order valence-corrected chi connectivity index (χ4v) is 3.69. The maximum atomic E-state index is 12.5. The number of carbonyl (C=O) groups is 1. The maximum Gasteiger partial charge on any atom is 0.224 e. The molecule has 1 fully saturated rings. The minimum absolute atomic E-state index is 0.211. The number of imidazole rings is 1. The van der Waals surface area contributed by atoms with Crippen LogP contribution in [0.3, 0.4) is 0 Å². The molecule has 0 atom stereocenters. The Morgan fingerprint density at radius 2 is 2.00 bits per heavy atom. The number of hydrogen-bond acceptors (Lipinski definition) is 4. The van der Waals surface area contributed by atoms with Crippen LogP contribution in [0, 0.1) is 0 Å². The van der Waals surface area contributed by atoms with Gasteiger partial charge < -0.3 is 9.47 Å². The van der Waals surface area contributed by atoms with E-state index in [1.54, 1.807) is 17.1 Å². The molecule has 0 spiro atoms. The molecule has 0 aromatic carbocycles. The normalized spacial score (nSPS) is 15.2. The van der Waals surface area contributed by atoms with Crippen molar-refractivity contribution >= 4 is 5.91 Å². The summed E-state index contributed by atoms with van der Waals surface area (Å²) in [5.41, 5.74) is 1.17. The molecule has 27 heavy (non-hydrogen) atoms. The Hall–Kier alpha value is -2.96. The lowest BCUT2D eigenvalue weighted by Crippen LogP contribution is -2.38. The van der Waals surface area contributed by atoms with E-state index >= 15 is 0 Å². The largest absolute Gasteiger partial charge is 0.343 e. The van der Waals surface area contributed by atoms with E-state index < -0.39 is 0 Å². The van der Waals surface area contributed by atoms with Gasteiger partial charge in [-0.05, 0) is 30.5 Å². The highest BCUT2D eigenvalue weighted by Crippen LogP contribution is 2.27. The van der Waals surface area contributed by atoms with Crippen molar-refractivity contribution in [1.29, 1.82) is 0 Å². The predicted molar refractivity (Wildman–Crippen MR) is 101 cm³/mol. The van der Waals surface area contributed by atoms with Gasteiger partial charge in [0.1, 0.15) is 5.82 Å². The molecule has 1 amide bonds. The van der Waals surface area contributed by atoms with Crippen LogP contribution in [0.5, 0.6) is 0 Å². The van der Waals surface area contributed by atoms with Crippen LogP contribution in [0.1, 0.15) is 36.6 Å². The second-order valence-electron chi connectivity index (χ2n) is 6.95. The zero-order valence-corrected chi connectivity index (χ0v) is 15.3. The first-order valence-corrected chi connectivity index (χ1v) is 9.45. The number of carbonyl (C=O) groups excluding carboxylic acids is 1. The van der Waals surface area contributed by atoms with Gasteiger partial charge in [-0.25, -0.2) is 4.98 Å². The molecule has 0 aliphatic carbocycles. The van der Waals surface area contributed by atoms with E-state index in [1.807, 2.05) is 41.8 Å². The van der Waals surface area contributed by atoms with Gasteiger partial charge in [0, 0.05) is 69.2 Å². The molecule has 0 N–H and O–H groups in total. The molecule has 0 saturated carbocycles. The SMILES string of the molecule is O=C(CCn1cccn1)N1CCC(c2nccn2Cc2cccnc2)CC1. The third kappa shape index (κ3) is 4.24. The summed E-state index contributed by atoms with van der Waals surface area (Å²) in [4.78, 5) is 23.2. The Morgan fingerprint density at radius 1 is 1.11 bits per heavy atom. The molecular formula is C20H24N6O. The van der Waals surface area contributed by atoms with Crippen molar-refractivity contribution < 1.29 is 4.79 Å². The van der Waals surface area contributed by atoms with Crippen molar-refractivity contribution in [2.75, 3.05) is 13.1 Å². The highest BCUT2D eigenvalue weighted by atomic mass is 16.2. The molecule has 1 aliphatic rings. The topological polar surface area (TPSA) is 68.8 Å². The molecule has 3 aromatic rings. The van der Waals surface area contributed by atoms with Gasteiger partial charge in [0.15, 0.2) is 0 Å². The third-order valence-corrected chi connectivity index (χ3v) is 5.15. The Kier molecular flexibility index (Phi) is 5.27. The summed E-state index contributed by atoms with van der Waals surface area (Å²) in [7, 11) is 0. The number of pyridine rings is 1. The number of piperidine rings is 1. The highest BCUT2D eigenvalue weighted by Gasteiger charge is 2.26. The van der Waals surface area contributed by atoms with Crippen molar-refractivity contribution in [2.45, 2.75) is 38.3 Å². The van der Waals surface area contributed by atoms with E-state index in [2.05, 4.69) is 25.7 Å². The quantitative estimate of drug-likeness (QED) is 0.673. The average Bonchev–Trinajstić information content (AvgIpc) is 3.39.